The van der Waals surface area contributed by atoms with Gasteiger partial charge in [0.1, 0.15) is 6.61 Å². The van der Waals surface area contributed by atoms with Crippen molar-refractivity contribution in [1.29, 1.82) is 0 Å². The van der Waals surface area contributed by atoms with Crippen LogP contribution in [-0.4, -0.2) is 32.0 Å². The summed E-state index contributed by atoms with van der Waals surface area (Å²) >= 11 is 0. The summed E-state index contributed by atoms with van der Waals surface area (Å²) in [5, 5.41) is 9.51. The van der Waals surface area contributed by atoms with E-state index in [0.717, 1.165) is 25.0 Å². The Labute approximate surface area is 115 Å². The lowest BCUT2D eigenvalue weighted by atomic mass is 10.1. The van der Waals surface area contributed by atoms with Gasteiger partial charge in [-0.15, -0.1) is 0 Å². The molecule has 0 radical (unpaired) electrons. The molecule has 0 saturated heterocycles. The van der Waals surface area contributed by atoms with Crippen molar-refractivity contribution in [2.24, 2.45) is 0 Å². The van der Waals surface area contributed by atoms with Crippen molar-refractivity contribution < 1.29 is 19.3 Å². The molecule has 108 valence electrons. The van der Waals surface area contributed by atoms with Crippen molar-refractivity contribution in [3.63, 3.8) is 0 Å². The van der Waals surface area contributed by atoms with Gasteiger partial charge in [0.15, 0.2) is 11.5 Å². The van der Waals surface area contributed by atoms with Gasteiger partial charge in [-0.1, -0.05) is 19.4 Å². The van der Waals surface area contributed by atoms with E-state index < -0.39 is 6.10 Å². The number of hydrogen-bond acceptors (Lipinski definition) is 4. The van der Waals surface area contributed by atoms with Gasteiger partial charge in [-0.3, -0.25) is 0 Å². The first-order chi connectivity index (χ1) is 9.19. The Kier molecular flexibility index (Phi) is 7.30. The standard InChI is InChI=1S/C15H24O4/c1-4-5-8-18-9-10-19-14-7-6-13(12(2)16)11-15(14)17-3/h6-7,11-12,16H,4-5,8-10H2,1-3H3. The number of hydrogen-bond donors (Lipinski definition) is 1. The fourth-order valence-electron chi connectivity index (χ4n) is 1.62. The van der Waals surface area contributed by atoms with Crippen molar-refractivity contribution in [3.8, 4) is 11.5 Å². The van der Waals surface area contributed by atoms with Crippen LogP contribution in [0, 0.1) is 0 Å². The van der Waals surface area contributed by atoms with Crippen LogP contribution >= 0.6 is 0 Å². The molecule has 0 heterocycles. The number of methoxy groups -OCH3 is 1. The van der Waals surface area contributed by atoms with Crippen LogP contribution in [0.3, 0.4) is 0 Å². The Morgan fingerprint density at radius 3 is 2.58 bits per heavy atom. The highest BCUT2D eigenvalue weighted by Gasteiger charge is 2.08. The van der Waals surface area contributed by atoms with E-state index in [1.807, 2.05) is 12.1 Å². The number of aliphatic hydroxyl groups is 1. The maximum absolute atomic E-state index is 9.51. The lowest BCUT2D eigenvalue weighted by Gasteiger charge is -2.13. The number of ether oxygens (including phenoxy) is 3. The lowest BCUT2D eigenvalue weighted by Crippen LogP contribution is -2.08. The third kappa shape index (κ3) is 5.49. The zero-order valence-electron chi connectivity index (χ0n) is 12.0. The highest BCUT2D eigenvalue weighted by Crippen LogP contribution is 2.30. The molecule has 0 fully saturated rings. The predicted octanol–water partition coefficient (Wildman–Crippen LogP) is 2.94. The molecular formula is C15H24O4. The lowest BCUT2D eigenvalue weighted by molar-refractivity contribution is 0.0969. The molecule has 0 bridgehead atoms. The Morgan fingerprint density at radius 2 is 1.95 bits per heavy atom. The van der Waals surface area contributed by atoms with Gasteiger partial charge >= 0.3 is 0 Å². The van der Waals surface area contributed by atoms with E-state index in [4.69, 9.17) is 14.2 Å². The summed E-state index contributed by atoms with van der Waals surface area (Å²) < 4.78 is 16.3. The molecule has 0 aliphatic rings. The number of unbranched alkanes of at least 4 members (excludes halogenated alkanes) is 1. The van der Waals surface area contributed by atoms with Crippen LogP contribution in [-0.2, 0) is 4.74 Å². The van der Waals surface area contributed by atoms with E-state index in [2.05, 4.69) is 6.92 Å². The van der Waals surface area contributed by atoms with E-state index >= 15 is 0 Å². The molecule has 1 atom stereocenters. The Bertz CT molecular complexity index is 363. The first kappa shape index (κ1) is 15.8. The van der Waals surface area contributed by atoms with E-state index in [1.165, 1.54) is 0 Å². The van der Waals surface area contributed by atoms with Crippen LogP contribution in [0.4, 0.5) is 0 Å². The largest absolute Gasteiger partial charge is 0.493 e. The minimum atomic E-state index is -0.514. The molecule has 1 aromatic rings. The normalized spacial score (nSPS) is 12.2. The van der Waals surface area contributed by atoms with Crippen molar-refractivity contribution in [2.75, 3.05) is 26.9 Å². The molecule has 1 aromatic carbocycles. The van der Waals surface area contributed by atoms with E-state index in [9.17, 15) is 5.11 Å². The van der Waals surface area contributed by atoms with E-state index in [1.54, 1.807) is 20.1 Å². The summed E-state index contributed by atoms with van der Waals surface area (Å²) in [6.07, 6.45) is 1.70. The number of aliphatic hydroxyl groups excluding tert-OH is 1. The van der Waals surface area contributed by atoms with Crippen molar-refractivity contribution in [2.45, 2.75) is 32.8 Å². The molecule has 4 nitrogen and oxygen atoms in total. The van der Waals surface area contributed by atoms with Gasteiger partial charge in [-0.2, -0.15) is 0 Å². The first-order valence-corrected chi connectivity index (χ1v) is 6.75. The molecular weight excluding hydrogens is 244 g/mol. The SMILES string of the molecule is CCCCOCCOc1ccc(C(C)O)cc1OC. The van der Waals surface area contributed by atoms with E-state index in [-0.39, 0.29) is 0 Å². The Hall–Kier alpha value is -1.26. The second kappa shape index (κ2) is 8.77. The highest BCUT2D eigenvalue weighted by molar-refractivity contribution is 5.43. The zero-order chi connectivity index (χ0) is 14.1. The topological polar surface area (TPSA) is 47.9 Å². The average Bonchev–Trinajstić information content (AvgIpc) is 2.42. The third-order valence-corrected chi connectivity index (χ3v) is 2.80. The second-order valence-electron chi connectivity index (χ2n) is 4.40. The average molecular weight is 268 g/mol. The van der Waals surface area contributed by atoms with Crippen molar-refractivity contribution in [1.82, 2.24) is 0 Å². The molecule has 1 N–H and O–H groups in total. The molecule has 0 spiro atoms. The first-order valence-electron chi connectivity index (χ1n) is 6.75. The molecule has 4 heteroatoms. The van der Waals surface area contributed by atoms with Crippen molar-refractivity contribution >= 4 is 0 Å². The maximum atomic E-state index is 9.51. The van der Waals surface area contributed by atoms with Crippen LogP contribution in [0.5, 0.6) is 11.5 Å². The monoisotopic (exact) mass is 268 g/mol. The smallest absolute Gasteiger partial charge is 0.161 e. The molecule has 19 heavy (non-hydrogen) atoms. The van der Waals surface area contributed by atoms with Gasteiger partial charge in [0, 0.05) is 6.61 Å². The van der Waals surface area contributed by atoms with Crippen LogP contribution < -0.4 is 9.47 Å². The second-order valence-corrected chi connectivity index (χ2v) is 4.40. The zero-order valence-corrected chi connectivity index (χ0v) is 12.0. The summed E-state index contributed by atoms with van der Waals surface area (Å²) in [5.41, 5.74) is 0.809. The van der Waals surface area contributed by atoms with Gasteiger partial charge in [0.05, 0.1) is 19.8 Å². The van der Waals surface area contributed by atoms with Crippen LogP contribution in [0.15, 0.2) is 18.2 Å². The summed E-state index contributed by atoms with van der Waals surface area (Å²) in [6, 6.07) is 5.44. The van der Waals surface area contributed by atoms with Crippen LogP contribution in [0.25, 0.3) is 0 Å². The molecule has 1 unspecified atom stereocenters. The molecule has 1 rings (SSSR count). The summed E-state index contributed by atoms with van der Waals surface area (Å²) in [7, 11) is 1.59. The van der Waals surface area contributed by atoms with E-state index in [0.29, 0.717) is 24.7 Å². The molecule has 0 saturated carbocycles. The van der Waals surface area contributed by atoms with Gasteiger partial charge in [-0.05, 0) is 31.0 Å². The number of benzene rings is 1. The molecule has 0 aromatic heterocycles. The quantitative estimate of drug-likeness (QED) is 0.699. The molecule has 0 aliphatic carbocycles. The summed E-state index contributed by atoms with van der Waals surface area (Å²) in [4.78, 5) is 0. The molecule has 0 aliphatic heterocycles. The summed E-state index contributed by atoms with van der Waals surface area (Å²) in [5.74, 6) is 1.30. The third-order valence-electron chi connectivity index (χ3n) is 2.80. The summed E-state index contributed by atoms with van der Waals surface area (Å²) in [6.45, 7) is 5.69. The number of rotatable bonds is 9. The minimum Gasteiger partial charge on any atom is -0.493 e. The van der Waals surface area contributed by atoms with Crippen LogP contribution in [0.2, 0.25) is 0 Å². The van der Waals surface area contributed by atoms with Gasteiger partial charge in [0.2, 0.25) is 0 Å². The molecule has 0 amide bonds. The Balaban J connectivity index is 2.44. The van der Waals surface area contributed by atoms with Crippen LogP contribution in [0.1, 0.15) is 38.4 Å². The fraction of sp³-hybridized carbons (Fsp3) is 0.600. The van der Waals surface area contributed by atoms with Gasteiger partial charge < -0.3 is 19.3 Å². The minimum absolute atomic E-state index is 0.494. The maximum Gasteiger partial charge on any atom is 0.161 e. The predicted molar refractivity (Wildman–Crippen MR) is 74.8 cm³/mol. The Morgan fingerprint density at radius 1 is 1.16 bits per heavy atom. The fourth-order valence-corrected chi connectivity index (χ4v) is 1.62. The highest BCUT2D eigenvalue weighted by atomic mass is 16.5. The van der Waals surface area contributed by atoms with Crippen molar-refractivity contribution in [3.05, 3.63) is 23.8 Å². The van der Waals surface area contributed by atoms with Gasteiger partial charge in [-0.25, -0.2) is 0 Å². The van der Waals surface area contributed by atoms with Gasteiger partial charge in [0.25, 0.3) is 0 Å².